The first-order valence-electron chi connectivity index (χ1n) is 5.02. The number of nitrogens with one attached hydrogen (secondary N) is 1. The maximum Gasteiger partial charge on any atom is 0.289 e. The summed E-state index contributed by atoms with van der Waals surface area (Å²) >= 11 is 5.65. The monoisotopic (exact) mass is 293 g/mol. The highest BCUT2D eigenvalue weighted by Crippen LogP contribution is 2.26. The molecule has 9 heteroatoms. The highest BCUT2D eigenvalue weighted by molar-refractivity contribution is 7.89. The summed E-state index contributed by atoms with van der Waals surface area (Å²) in [6, 6.07) is 3.36. The van der Waals surface area contributed by atoms with Gasteiger partial charge < -0.3 is 5.73 Å². The van der Waals surface area contributed by atoms with Crippen LogP contribution in [0.25, 0.3) is 0 Å². The Balaban J connectivity index is 3.14. The summed E-state index contributed by atoms with van der Waals surface area (Å²) in [6.07, 6.45) is 0.438. The van der Waals surface area contributed by atoms with Crippen molar-refractivity contribution in [2.45, 2.75) is 11.3 Å². The van der Waals surface area contributed by atoms with E-state index < -0.39 is 25.5 Å². The van der Waals surface area contributed by atoms with Crippen molar-refractivity contribution in [3.05, 3.63) is 33.3 Å². The van der Waals surface area contributed by atoms with Crippen molar-refractivity contribution in [1.82, 2.24) is 4.72 Å². The van der Waals surface area contributed by atoms with Gasteiger partial charge in [-0.1, -0.05) is 11.6 Å². The molecule has 0 aromatic heterocycles. The van der Waals surface area contributed by atoms with Gasteiger partial charge >= 0.3 is 0 Å². The molecule has 18 heavy (non-hydrogen) atoms. The van der Waals surface area contributed by atoms with Crippen LogP contribution >= 0.6 is 11.6 Å². The second-order valence-corrected chi connectivity index (χ2v) is 5.58. The van der Waals surface area contributed by atoms with Gasteiger partial charge in [-0.3, -0.25) is 10.1 Å². The number of hydrogen-bond donors (Lipinski definition) is 2. The zero-order valence-corrected chi connectivity index (χ0v) is 10.9. The Kier molecular flexibility index (Phi) is 5.03. The topological polar surface area (TPSA) is 115 Å². The third-order valence-electron chi connectivity index (χ3n) is 2.08. The van der Waals surface area contributed by atoms with E-state index in [0.29, 0.717) is 13.0 Å². The Hall–Kier alpha value is -1.22. The van der Waals surface area contributed by atoms with Crippen LogP contribution in [0.15, 0.2) is 23.1 Å². The number of sulfonamides is 1. The van der Waals surface area contributed by atoms with Crippen LogP contribution in [0.3, 0.4) is 0 Å². The first-order valence-corrected chi connectivity index (χ1v) is 6.88. The van der Waals surface area contributed by atoms with Gasteiger partial charge in [0.05, 0.1) is 4.92 Å². The Morgan fingerprint density at radius 2 is 2.11 bits per heavy atom. The van der Waals surface area contributed by atoms with Gasteiger partial charge in [0.2, 0.25) is 10.0 Å². The van der Waals surface area contributed by atoms with Crippen LogP contribution in [0.5, 0.6) is 0 Å². The summed E-state index contributed by atoms with van der Waals surface area (Å²) in [5, 5.41) is 10.9. The maximum atomic E-state index is 11.9. The van der Waals surface area contributed by atoms with Gasteiger partial charge in [-0.25, -0.2) is 13.1 Å². The number of rotatable bonds is 6. The molecule has 0 spiro atoms. The smallest absolute Gasteiger partial charge is 0.289 e. The molecular weight excluding hydrogens is 282 g/mol. The molecule has 0 aliphatic heterocycles. The first-order chi connectivity index (χ1) is 8.38. The lowest BCUT2D eigenvalue weighted by molar-refractivity contribution is -0.387. The van der Waals surface area contributed by atoms with Crippen molar-refractivity contribution in [2.75, 3.05) is 13.1 Å². The molecule has 0 saturated carbocycles. The third kappa shape index (κ3) is 3.64. The van der Waals surface area contributed by atoms with Crippen LogP contribution in [-0.4, -0.2) is 26.4 Å². The second kappa shape index (κ2) is 6.10. The van der Waals surface area contributed by atoms with Crippen molar-refractivity contribution >= 4 is 27.3 Å². The van der Waals surface area contributed by atoms with Crippen LogP contribution in [0.1, 0.15) is 6.42 Å². The van der Waals surface area contributed by atoms with E-state index in [1.54, 1.807) is 0 Å². The molecule has 1 rings (SSSR count). The normalized spacial score (nSPS) is 11.4. The molecule has 0 unspecified atom stereocenters. The molecule has 0 aliphatic carbocycles. The van der Waals surface area contributed by atoms with E-state index in [1.807, 2.05) is 0 Å². The minimum atomic E-state index is -3.96. The Morgan fingerprint density at radius 1 is 1.44 bits per heavy atom. The average Bonchev–Trinajstić information content (AvgIpc) is 2.28. The lowest BCUT2D eigenvalue weighted by Crippen LogP contribution is -2.26. The lowest BCUT2D eigenvalue weighted by atomic mass is 10.3. The van der Waals surface area contributed by atoms with Crippen molar-refractivity contribution in [1.29, 1.82) is 0 Å². The summed E-state index contributed by atoms with van der Waals surface area (Å²) < 4.78 is 26.0. The standard InChI is InChI=1S/C9H12ClN3O4S/c10-7-2-3-8(13(14)15)9(6-7)18(16,17)12-5-1-4-11/h2-3,6,12H,1,4-5,11H2. The Bertz CT molecular complexity index is 547. The van der Waals surface area contributed by atoms with Crippen LogP contribution in [-0.2, 0) is 10.0 Å². The second-order valence-electron chi connectivity index (χ2n) is 3.41. The molecule has 0 saturated heterocycles. The molecule has 0 radical (unpaired) electrons. The number of halogens is 1. The Morgan fingerprint density at radius 3 is 2.67 bits per heavy atom. The fourth-order valence-electron chi connectivity index (χ4n) is 1.24. The van der Waals surface area contributed by atoms with E-state index in [2.05, 4.69) is 4.72 Å². The molecule has 7 nitrogen and oxygen atoms in total. The lowest BCUT2D eigenvalue weighted by Gasteiger charge is -2.07. The van der Waals surface area contributed by atoms with Crippen LogP contribution in [0.4, 0.5) is 5.69 Å². The van der Waals surface area contributed by atoms with E-state index in [0.717, 1.165) is 12.1 Å². The number of nitro benzene ring substituents is 1. The number of nitrogens with two attached hydrogens (primary N) is 1. The van der Waals surface area contributed by atoms with Gasteiger partial charge in [0, 0.05) is 17.6 Å². The average molecular weight is 294 g/mol. The predicted molar refractivity (Wildman–Crippen MR) is 67.0 cm³/mol. The van der Waals surface area contributed by atoms with E-state index >= 15 is 0 Å². The molecule has 0 aliphatic rings. The fraction of sp³-hybridized carbons (Fsp3) is 0.333. The SMILES string of the molecule is NCCCNS(=O)(=O)c1cc(Cl)ccc1[N+](=O)[O-]. The minimum absolute atomic E-state index is 0.111. The van der Waals surface area contributed by atoms with Crippen molar-refractivity contribution < 1.29 is 13.3 Å². The summed E-state index contributed by atoms with van der Waals surface area (Å²) in [6.45, 7) is 0.433. The van der Waals surface area contributed by atoms with E-state index in [1.165, 1.54) is 6.07 Å². The molecule has 1 aromatic rings. The van der Waals surface area contributed by atoms with Gasteiger partial charge in [-0.2, -0.15) is 0 Å². The third-order valence-corrected chi connectivity index (χ3v) is 3.81. The maximum absolute atomic E-state index is 11.9. The molecule has 0 amide bonds. The summed E-state index contributed by atoms with van der Waals surface area (Å²) in [5.41, 5.74) is 4.72. The molecular formula is C9H12ClN3O4S. The highest BCUT2D eigenvalue weighted by atomic mass is 35.5. The molecule has 3 N–H and O–H groups in total. The van der Waals surface area contributed by atoms with Crippen LogP contribution in [0, 0.1) is 10.1 Å². The zero-order chi connectivity index (χ0) is 13.8. The number of benzene rings is 1. The molecule has 1 aromatic carbocycles. The zero-order valence-electron chi connectivity index (χ0n) is 9.30. The number of nitro groups is 1. The van der Waals surface area contributed by atoms with Crippen molar-refractivity contribution in [3.8, 4) is 0 Å². The van der Waals surface area contributed by atoms with E-state index in [4.69, 9.17) is 17.3 Å². The molecule has 0 fully saturated rings. The van der Waals surface area contributed by atoms with Crippen LogP contribution in [0.2, 0.25) is 5.02 Å². The Labute approximate surface area is 109 Å². The summed E-state index contributed by atoms with van der Waals surface area (Å²) in [5.74, 6) is 0. The van der Waals surface area contributed by atoms with Gasteiger partial charge in [-0.05, 0) is 25.1 Å². The number of hydrogen-bond acceptors (Lipinski definition) is 5. The van der Waals surface area contributed by atoms with Gasteiger partial charge in [0.25, 0.3) is 5.69 Å². The van der Waals surface area contributed by atoms with Crippen LogP contribution < -0.4 is 10.5 Å². The van der Waals surface area contributed by atoms with Crippen molar-refractivity contribution in [3.63, 3.8) is 0 Å². The quantitative estimate of drug-likeness (QED) is 0.459. The highest BCUT2D eigenvalue weighted by Gasteiger charge is 2.25. The first kappa shape index (κ1) is 14.8. The minimum Gasteiger partial charge on any atom is -0.330 e. The number of nitrogens with zero attached hydrogens (tertiary/aromatic N) is 1. The fourth-order valence-corrected chi connectivity index (χ4v) is 2.75. The van der Waals surface area contributed by atoms with Crippen molar-refractivity contribution in [2.24, 2.45) is 5.73 Å². The molecule has 0 heterocycles. The summed E-state index contributed by atoms with van der Waals surface area (Å²) in [7, 11) is -3.96. The van der Waals surface area contributed by atoms with E-state index in [9.17, 15) is 18.5 Å². The molecule has 0 atom stereocenters. The van der Waals surface area contributed by atoms with E-state index in [-0.39, 0.29) is 11.6 Å². The molecule has 100 valence electrons. The largest absolute Gasteiger partial charge is 0.330 e. The van der Waals surface area contributed by atoms with Gasteiger partial charge in [0.15, 0.2) is 4.90 Å². The molecule has 0 bridgehead atoms. The predicted octanol–water partition coefficient (Wildman–Crippen LogP) is 0.875. The summed E-state index contributed by atoms with van der Waals surface area (Å²) in [4.78, 5) is 9.54. The van der Waals surface area contributed by atoms with Gasteiger partial charge in [-0.15, -0.1) is 0 Å². The van der Waals surface area contributed by atoms with Gasteiger partial charge in [0.1, 0.15) is 0 Å².